The first-order valence-electron chi connectivity index (χ1n) is 5.39. The van der Waals surface area contributed by atoms with Crippen LogP contribution in [0, 0.1) is 6.92 Å². The van der Waals surface area contributed by atoms with Crippen LogP contribution < -0.4 is 0 Å². The van der Waals surface area contributed by atoms with Gasteiger partial charge in [0.1, 0.15) is 0 Å². The van der Waals surface area contributed by atoms with Crippen molar-refractivity contribution in [3.63, 3.8) is 0 Å². The molecule has 0 aliphatic rings. The summed E-state index contributed by atoms with van der Waals surface area (Å²) in [5.41, 5.74) is 1.39. The van der Waals surface area contributed by atoms with Crippen molar-refractivity contribution in [3.8, 4) is 0 Å². The summed E-state index contributed by atoms with van der Waals surface area (Å²) in [6, 6.07) is 5.31. The van der Waals surface area contributed by atoms with Crippen LogP contribution in [0.25, 0.3) is 10.9 Å². The summed E-state index contributed by atoms with van der Waals surface area (Å²) in [5, 5.41) is 19.7. The van der Waals surface area contributed by atoms with Gasteiger partial charge in [-0.3, -0.25) is 0 Å². The van der Waals surface area contributed by atoms with E-state index in [1.807, 2.05) is 0 Å². The third-order valence-electron chi connectivity index (χ3n) is 2.91. The summed E-state index contributed by atoms with van der Waals surface area (Å²) < 4.78 is 0. The highest BCUT2D eigenvalue weighted by Crippen LogP contribution is 2.28. The molecule has 0 saturated heterocycles. The summed E-state index contributed by atoms with van der Waals surface area (Å²) in [4.78, 5) is 14.2. The highest BCUT2D eigenvalue weighted by Gasteiger charge is 2.20. The highest BCUT2D eigenvalue weighted by atomic mass is 16.4. The van der Waals surface area contributed by atoms with Crippen molar-refractivity contribution >= 4 is 16.9 Å². The van der Waals surface area contributed by atoms with E-state index in [2.05, 4.69) is 4.98 Å². The van der Waals surface area contributed by atoms with Gasteiger partial charge in [0.05, 0.1) is 11.2 Å². The van der Waals surface area contributed by atoms with E-state index in [4.69, 9.17) is 5.11 Å². The smallest absolute Gasteiger partial charge is 0.338 e. The van der Waals surface area contributed by atoms with Crippen LogP contribution in [0.4, 0.5) is 0 Å². The van der Waals surface area contributed by atoms with Gasteiger partial charge in [0, 0.05) is 16.6 Å². The van der Waals surface area contributed by atoms with Crippen molar-refractivity contribution in [1.29, 1.82) is 0 Å². The van der Waals surface area contributed by atoms with Gasteiger partial charge in [-0.05, 0) is 38.5 Å². The van der Waals surface area contributed by atoms with Crippen molar-refractivity contribution in [3.05, 3.63) is 35.0 Å². The number of hydrogen-bond donors (Lipinski definition) is 3. The molecule has 17 heavy (non-hydrogen) atoms. The first-order chi connectivity index (χ1) is 7.80. The Labute approximate surface area is 98.9 Å². The van der Waals surface area contributed by atoms with Crippen molar-refractivity contribution in [2.45, 2.75) is 26.4 Å². The minimum atomic E-state index is -0.977. The molecule has 3 N–H and O–H groups in total. The number of carbonyl (C=O) groups is 1. The number of aromatic amines is 1. The second kappa shape index (κ2) is 3.60. The van der Waals surface area contributed by atoms with Gasteiger partial charge < -0.3 is 15.2 Å². The molecule has 0 aliphatic carbocycles. The van der Waals surface area contributed by atoms with E-state index in [1.165, 1.54) is 0 Å². The Hall–Kier alpha value is -1.81. The van der Waals surface area contributed by atoms with Crippen LogP contribution in [0.5, 0.6) is 0 Å². The minimum Gasteiger partial charge on any atom is -0.478 e. The fourth-order valence-corrected chi connectivity index (χ4v) is 1.98. The predicted molar refractivity (Wildman–Crippen MR) is 65.2 cm³/mol. The number of hydrogen-bond acceptors (Lipinski definition) is 2. The molecule has 1 aromatic heterocycles. The number of nitrogens with one attached hydrogen (secondary N) is 1. The van der Waals surface area contributed by atoms with E-state index in [0.29, 0.717) is 16.6 Å². The van der Waals surface area contributed by atoms with Crippen molar-refractivity contribution in [2.75, 3.05) is 0 Å². The van der Waals surface area contributed by atoms with E-state index >= 15 is 0 Å². The van der Waals surface area contributed by atoms with Crippen molar-refractivity contribution in [2.24, 2.45) is 0 Å². The van der Waals surface area contributed by atoms with E-state index in [0.717, 1.165) is 5.52 Å². The van der Waals surface area contributed by atoms with Crippen LogP contribution in [-0.2, 0) is 5.60 Å². The van der Waals surface area contributed by atoms with E-state index in [-0.39, 0.29) is 5.56 Å². The van der Waals surface area contributed by atoms with Crippen molar-refractivity contribution in [1.82, 2.24) is 4.98 Å². The third-order valence-corrected chi connectivity index (χ3v) is 2.91. The van der Waals surface area contributed by atoms with Crippen LogP contribution in [0.1, 0.15) is 35.5 Å². The van der Waals surface area contributed by atoms with E-state index < -0.39 is 11.6 Å². The fraction of sp³-hybridized carbons (Fsp3) is 0.308. The molecule has 1 heterocycles. The molecule has 0 radical (unpaired) electrons. The Kier molecular flexibility index (Phi) is 2.47. The van der Waals surface area contributed by atoms with Gasteiger partial charge in [-0.1, -0.05) is 6.07 Å². The Morgan fingerprint density at radius 1 is 1.35 bits per heavy atom. The van der Waals surface area contributed by atoms with Gasteiger partial charge in [-0.15, -0.1) is 0 Å². The van der Waals surface area contributed by atoms with Gasteiger partial charge in [0.25, 0.3) is 0 Å². The number of aryl methyl sites for hydroxylation is 1. The van der Waals surface area contributed by atoms with Crippen LogP contribution in [-0.4, -0.2) is 21.2 Å². The standard InChI is InChI=1S/C13H15NO3/c1-7-11(12(15)16)9-6-8(13(2,3)17)4-5-10(9)14-7/h4-6,14,17H,1-3H3,(H,15,16). The molecule has 90 valence electrons. The minimum absolute atomic E-state index is 0.270. The molecule has 1 aromatic carbocycles. The second-order valence-electron chi connectivity index (χ2n) is 4.75. The zero-order chi connectivity index (χ0) is 12.8. The molecule has 4 nitrogen and oxygen atoms in total. The normalized spacial score (nSPS) is 12.0. The van der Waals surface area contributed by atoms with Crippen LogP contribution in [0.15, 0.2) is 18.2 Å². The maximum Gasteiger partial charge on any atom is 0.338 e. The molecule has 0 unspecified atom stereocenters. The van der Waals surface area contributed by atoms with Gasteiger partial charge in [0.2, 0.25) is 0 Å². The Morgan fingerprint density at radius 3 is 2.53 bits per heavy atom. The summed E-state index contributed by atoms with van der Waals surface area (Å²) in [6.07, 6.45) is 0. The summed E-state index contributed by atoms with van der Waals surface area (Å²) >= 11 is 0. The van der Waals surface area contributed by atoms with Gasteiger partial charge in [0.15, 0.2) is 0 Å². The Bertz CT molecular complexity index is 590. The van der Waals surface area contributed by atoms with E-state index in [1.54, 1.807) is 39.0 Å². The Morgan fingerprint density at radius 2 is 2.00 bits per heavy atom. The maximum atomic E-state index is 11.2. The highest BCUT2D eigenvalue weighted by molar-refractivity contribution is 6.04. The lowest BCUT2D eigenvalue weighted by Gasteiger charge is -2.17. The van der Waals surface area contributed by atoms with Crippen LogP contribution in [0.2, 0.25) is 0 Å². The number of carboxylic acid groups (broad SMARTS) is 1. The number of rotatable bonds is 2. The van der Waals surface area contributed by atoms with E-state index in [9.17, 15) is 9.90 Å². The lowest BCUT2D eigenvalue weighted by atomic mass is 9.96. The number of carboxylic acids is 1. The van der Waals surface area contributed by atoms with Crippen LogP contribution >= 0.6 is 0 Å². The van der Waals surface area contributed by atoms with Gasteiger partial charge >= 0.3 is 5.97 Å². The molecule has 4 heteroatoms. The van der Waals surface area contributed by atoms with Crippen molar-refractivity contribution < 1.29 is 15.0 Å². The topological polar surface area (TPSA) is 73.3 Å². The molecule has 2 rings (SSSR count). The number of aliphatic hydroxyl groups is 1. The molecule has 0 amide bonds. The lowest BCUT2D eigenvalue weighted by molar-refractivity contribution is 0.0696. The first kappa shape index (κ1) is 11.7. The SMILES string of the molecule is Cc1[nH]c2ccc(C(C)(C)O)cc2c1C(=O)O. The molecule has 0 atom stereocenters. The molecule has 2 aromatic rings. The third kappa shape index (κ3) is 1.91. The summed E-state index contributed by atoms with van der Waals surface area (Å²) in [6.45, 7) is 5.08. The molecule has 0 bridgehead atoms. The number of aromatic nitrogens is 1. The van der Waals surface area contributed by atoms with Crippen LogP contribution in [0.3, 0.4) is 0 Å². The zero-order valence-electron chi connectivity index (χ0n) is 10.0. The lowest BCUT2D eigenvalue weighted by Crippen LogP contribution is -2.15. The monoisotopic (exact) mass is 233 g/mol. The number of benzene rings is 1. The van der Waals surface area contributed by atoms with Gasteiger partial charge in [-0.25, -0.2) is 4.79 Å². The maximum absolute atomic E-state index is 11.2. The fourth-order valence-electron chi connectivity index (χ4n) is 1.98. The largest absolute Gasteiger partial charge is 0.478 e. The molecule has 0 aliphatic heterocycles. The quantitative estimate of drug-likeness (QED) is 0.745. The second-order valence-corrected chi connectivity index (χ2v) is 4.75. The zero-order valence-corrected chi connectivity index (χ0v) is 10.0. The number of fused-ring (bicyclic) bond motifs is 1. The average Bonchev–Trinajstić information content (AvgIpc) is 2.50. The summed E-state index contributed by atoms with van der Waals surface area (Å²) in [5.74, 6) is -0.957. The van der Waals surface area contributed by atoms with Gasteiger partial charge in [-0.2, -0.15) is 0 Å². The Balaban J connectivity index is 2.75. The number of H-pyrrole nitrogens is 1. The molecule has 0 saturated carbocycles. The molecular weight excluding hydrogens is 218 g/mol. The summed E-state index contributed by atoms with van der Waals surface area (Å²) in [7, 11) is 0. The number of aromatic carboxylic acids is 1. The first-order valence-corrected chi connectivity index (χ1v) is 5.39. The molecule has 0 fully saturated rings. The average molecular weight is 233 g/mol. The molecular formula is C13H15NO3. The predicted octanol–water partition coefficient (Wildman–Crippen LogP) is 2.40. The molecule has 0 spiro atoms.